The van der Waals surface area contributed by atoms with Gasteiger partial charge in [0.15, 0.2) is 5.96 Å². The van der Waals surface area contributed by atoms with Crippen molar-refractivity contribution in [2.45, 2.75) is 26.3 Å². The van der Waals surface area contributed by atoms with Gasteiger partial charge in [-0.05, 0) is 37.6 Å². The summed E-state index contributed by atoms with van der Waals surface area (Å²) >= 11 is 3.33. The second kappa shape index (κ2) is 8.58. The van der Waals surface area contributed by atoms with E-state index in [1.54, 1.807) is 12.1 Å². The summed E-state index contributed by atoms with van der Waals surface area (Å²) in [5.74, 6) is 0.304. The predicted molar refractivity (Wildman–Crippen MR) is 85.9 cm³/mol. The van der Waals surface area contributed by atoms with Gasteiger partial charge in [-0.15, -0.1) is 0 Å². The highest BCUT2D eigenvalue weighted by Crippen LogP contribution is 2.10. The Hall–Kier alpha value is -1.56. The highest BCUT2D eigenvalue weighted by atomic mass is 79.9. The van der Waals surface area contributed by atoms with Crippen molar-refractivity contribution in [3.8, 4) is 0 Å². The fourth-order valence-electron chi connectivity index (χ4n) is 1.45. The van der Waals surface area contributed by atoms with Gasteiger partial charge in [0, 0.05) is 22.6 Å². The number of carbonyl (C=O) groups is 1. The van der Waals surface area contributed by atoms with Gasteiger partial charge in [0.2, 0.25) is 0 Å². The molecule has 0 aromatic heterocycles. The number of hydrogen-bond acceptors (Lipinski definition) is 2. The van der Waals surface area contributed by atoms with Crippen LogP contribution in [-0.2, 0) is 0 Å². The summed E-state index contributed by atoms with van der Waals surface area (Å²) in [5, 5.41) is 5.86. The van der Waals surface area contributed by atoms with Crippen molar-refractivity contribution in [1.29, 1.82) is 0 Å². The van der Waals surface area contributed by atoms with Crippen LogP contribution in [0.1, 0.15) is 30.6 Å². The van der Waals surface area contributed by atoms with Crippen LogP contribution in [-0.4, -0.2) is 31.0 Å². The summed E-state index contributed by atoms with van der Waals surface area (Å²) in [7, 11) is 0. The molecule has 0 heterocycles. The minimum atomic E-state index is -0.110. The zero-order valence-corrected chi connectivity index (χ0v) is 13.4. The Labute approximate surface area is 128 Å². The SMILES string of the molecule is CCC(C)NC(N)=NCCNC(=O)c1ccc(Br)cc1. The van der Waals surface area contributed by atoms with Crippen LogP contribution in [0, 0.1) is 0 Å². The Bertz CT molecular complexity index is 459. The molecule has 0 aliphatic heterocycles. The van der Waals surface area contributed by atoms with E-state index in [1.807, 2.05) is 19.1 Å². The number of guanidine groups is 1. The average Bonchev–Trinajstić information content (AvgIpc) is 2.44. The molecule has 0 spiro atoms. The number of rotatable bonds is 6. The minimum Gasteiger partial charge on any atom is -0.370 e. The third-order valence-electron chi connectivity index (χ3n) is 2.79. The molecule has 6 heteroatoms. The van der Waals surface area contributed by atoms with Crippen LogP contribution in [0.2, 0.25) is 0 Å². The molecule has 0 radical (unpaired) electrons. The van der Waals surface area contributed by atoms with Crippen molar-refractivity contribution in [2.75, 3.05) is 13.1 Å². The fraction of sp³-hybridized carbons (Fsp3) is 0.429. The highest BCUT2D eigenvalue weighted by molar-refractivity contribution is 9.10. The average molecular weight is 341 g/mol. The van der Waals surface area contributed by atoms with Gasteiger partial charge in [0.1, 0.15) is 0 Å². The monoisotopic (exact) mass is 340 g/mol. The molecule has 1 amide bonds. The number of halogens is 1. The summed E-state index contributed by atoms with van der Waals surface area (Å²) in [6, 6.07) is 7.50. The maximum absolute atomic E-state index is 11.8. The maximum atomic E-state index is 11.8. The minimum absolute atomic E-state index is 0.110. The van der Waals surface area contributed by atoms with E-state index in [4.69, 9.17) is 5.73 Å². The van der Waals surface area contributed by atoms with E-state index in [9.17, 15) is 4.79 Å². The highest BCUT2D eigenvalue weighted by Gasteiger charge is 2.04. The normalized spacial score (nSPS) is 12.8. The number of benzene rings is 1. The van der Waals surface area contributed by atoms with Crippen LogP contribution < -0.4 is 16.4 Å². The van der Waals surface area contributed by atoms with Gasteiger partial charge in [-0.3, -0.25) is 9.79 Å². The Kier molecular flexibility index (Phi) is 7.08. The van der Waals surface area contributed by atoms with E-state index in [1.165, 1.54) is 0 Å². The zero-order valence-electron chi connectivity index (χ0n) is 11.8. The van der Waals surface area contributed by atoms with Crippen LogP contribution >= 0.6 is 15.9 Å². The van der Waals surface area contributed by atoms with Gasteiger partial charge in [-0.1, -0.05) is 22.9 Å². The van der Waals surface area contributed by atoms with Gasteiger partial charge >= 0.3 is 0 Å². The standard InChI is InChI=1S/C14H21BrN4O/c1-3-10(2)19-14(16)18-9-8-17-13(20)11-4-6-12(15)7-5-11/h4-7,10H,3,8-9H2,1-2H3,(H,17,20)(H3,16,18,19). The van der Waals surface area contributed by atoms with E-state index in [0.717, 1.165) is 10.9 Å². The fourth-order valence-corrected chi connectivity index (χ4v) is 1.71. The number of nitrogens with one attached hydrogen (secondary N) is 2. The summed E-state index contributed by atoms with van der Waals surface area (Å²) in [5.41, 5.74) is 6.34. The molecular weight excluding hydrogens is 320 g/mol. The van der Waals surface area contributed by atoms with Gasteiger partial charge in [0.25, 0.3) is 5.91 Å². The summed E-state index contributed by atoms with van der Waals surface area (Å²) in [6.07, 6.45) is 0.983. The van der Waals surface area contributed by atoms with Crippen molar-refractivity contribution in [3.05, 3.63) is 34.3 Å². The number of carbonyl (C=O) groups excluding carboxylic acids is 1. The molecular formula is C14H21BrN4O. The Morgan fingerprint density at radius 2 is 2.05 bits per heavy atom. The second-order valence-electron chi connectivity index (χ2n) is 4.48. The van der Waals surface area contributed by atoms with E-state index in [0.29, 0.717) is 30.7 Å². The van der Waals surface area contributed by atoms with E-state index >= 15 is 0 Å². The molecule has 20 heavy (non-hydrogen) atoms. The first kappa shape index (κ1) is 16.5. The Morgan fingerprint density at radius 3 is 2.65 bits per heavy atom. The van der Waals surface area contributed by atoms with Crippen LogP contribution in [0.5, 0.6) is 0 Å². The lowest BCUT2D eigenvalue weighted by Crippen LogP contribution is -2.38. The lowest BCUT2D eigenvalue weighted by Gasteiger charge is -2.11. The second-order valence-corrected chi connectivity index (χ2v) is 5.40. The van der Waals surface area contributed by atoms with Crippen molar-refractivity contribution < 1.29 is 4.79 Å². The molecule has 110 valence electrons. The van der Waals surface area contributed by atoms with Crippen LogP contribution in [0.4, 0.5) is 0 Å². The molecule has 0 fully saturated rings. The summed E-state index contributed by atoms with van der Waals surface area (Å²) in [4.78, 5) is 16.0. The molecule has 1 aromatic carbocycles. The first-order chi connectivity index (χ1) is 9.52. The van der Waals surface area contributed by atoms with Crippen LogP contribution in [0.25, 0.3) is 0 Å². The number of amides is 1. The molecule has 1 unspecified atom stereocenters. The van der Waals surface area contributed by atoms with Gasteiger partial charge in [0.05, 0.1) is 6.54 Å². The van der Waals surface area contributed by atoms with E-state index in [-0.39, 0.29) is 5.91 Å². The molecule has 1 atom stereocenters. The molecule has 0 aliphatic carbocycles. The zero-order chi connectivity index (χ0) is 15.0. The Morgan fingerprint density at radius 1 is 1.40 bits per heavy atom. The van der Waals surface area contributed by atoms with Crippen LogP contribution in [0.3, 0.4) is 0 Å². The van der Waals surface area contributed by atoms with Crippen molar-refractivity contribution in [3.63, 3.8) is 0 Å². The maximum Gasteiger partial charge on any atom is 0.251 e. The number of aliphatic imine (C=N–C) groups is 1. The number of nitrogens with zero attached hydrogens (tertiary/aromatic N) is 1. The number of nitrogens with two attached hydrogens (primary N) is 1. The van der Waals surface area contributed by atoms with Crippen molar-refractivity contribution in [2.24, 2.45) is 10.7 Å². The van der Waals surface area contributed by atoms with Gasteiger partial charge < -0.3 is 16.4 Å². The van der Waals surface area contributed by atoms with E-state index in [2.05, 4.69) is 38.5 Å². The largest absolute Gasteiger partial charge is 0.370 e. The third kappa shape index (κ3) is 6.06. The molecule has 0 bridgehead atoms. The first-order valence-electron chi connectivity index (χ1n) is 6.63. The van der Waals surface area contributed by atoms with Crippen molar-refractivity contribution >= 4 is 27.8 Å². The molecule has 0 aliphatic rings. The smallest absolute Gasteiger partial charge is 0.251 e. The molecule has 4 N–H and O–H groups in total. The topological polar surface area (TPSA) is 79.5 Å². The lowest BCUT2D eigenvalue weighted by molar-refractivity contribution is 0.0955. The first-order valence-corrected chi connectivity index (χ1v) is 7.42. The molecule has 1 rings (SSSR count). The van der Waals surface area contributed by atoms with Crippen LogP contribution in [0.15, 0.2) is 33.7 Å². The number of hydrogen-bond donors (Lipinski definition) is 3. The Balaban J connectivity index is 2.32. The quantitative estimate of drug-likeness (QED) is 0.420. The van der Waals surface area contributed by atoms with E-state index < -0.39 is 0 Å². The van der Waals surface area contributed by atoms with Crippen molar-refractivity contribution in [1.82, 2.24) is 10.6 Å². The molecule has 1 aromatic rings. The molecule has 5 nitrogen and oxygen atoms in total. The summed E-state index contributed by atoms with van der Waals surface area (Å²) in [6.45, 7) is 5.02. The summed E-state index contributed by atoms with van der Waals surface area (Å²) < 4.78 is 0.947. The van der Waals surface area contributed by atoms with Gasteiger partial charge in [-0.2, -0.15) is 0 Å². The van der Waals surface area contributed by atoms with Gasteiger partial charge in [-0.25, -0.2) is 0 Å². The molecule has 0 saturated heterocycles. The molecule has 0 saturated carbocycles. The lowest BCUT2D eigenvalue weighted by atomic mass is 10.2. The predicted octanol–water partition coefficient (Wildman–Crippen LogP) is 1.88. The third-order valence-corrected chi connectivity index (χ3v) is 3.32.